The molecule has 3 rings (SSSR count). The molecule has 0 radical (unpaired) electrons. The molecular formula is C21H18O6. The Bertz CT molecular complexity index is 926. The molecule has 1 aliphatic rings. The molecule has 0 bridgehead atoms. The van der Waals surface area contributed by atoms with E-state index < -0.39 is 24.0 Å². The number of fused-ring (bicyclic) bond motifs is 1. The number of esters is 3. The van der Waals surface area contributed by atoms with Crippen LogP contribution in [-0.2, 0) is 9.47 Å². The van der Waals surface area contributed by atoms with E-state index in [0.717, 1.165) is 11.1 Å². The van der Waals surface area contributed by atoms with E-state index in [2.05, 4.69) is 11.3 Å². The Hall–Kier alpha value is -3.41. The molecule has 0 fully saturated rings. The first kappa shape index (κ1) is 18.4. The molecule has 1 heterocycles. The van der Waals surface area contributed by atoms with Gasteiger partial charge in [-0.3, -0.25) is 0 Å². The highest BCUT2D eigenvalue weighted by atomic mass is 16.6. The van der Waals surface area contributed by atoms with Gasteiger partial charge in [0.2, 0.25) is 0 Å². The third-order valence-electron chi connectivity index (χ3n) is 4.02. The van der Waals surface area contributed by atoms with Crippen molar-refractivity contribution in [1.29, 1.82) is 0 Å². The number of hydrogen-bond donors (Lipinski definition) is 0. The number of carbonyl (C=O) groups excluding carboxylic acids is 3. The maximum atomic E-state index is 12.2. The molecule has 6 heteroatoms. The SMILES string of the molecule is C=C(C)c1ccc(OCC(C)OC(=O)c2ccc3c(c2)C(=O)OC3=O)cc1. The first-order valence-electron chi connectivity index (χ1n) is 8.35. The molecule has 1 atom stereocenters. The Morgan fingerprint density at radius 1 is 1.04 bits per heavy atom. The van der Waals surface area contributed by atoms with Crippen molar-refractivity contribution in [3.8, 4) is 5.75 Å². The number of carbonyl (C=O) groups is 3. The van der Waals surface area contributed by atoms with Gasteiger partial charge in [-0.25, -0.2) is 14.4 Å². The molecule has 0 aliphatic carbocycles. The van der Waals surface area contributed by atoms with Gasteiger partial charge in [-0.1, -0.05) is 24.3 Å². The summed E-state index contributed by atoms with van der Waals surface area (Å²) in [6, 6.07) is 11.5. The van der Waals surface area contributed by atoms with Crippen LogP contribution in [0.2, 0.25) is 0 Å². The van der Waals surface area contributed by atoms with Crippen molar-refractivity contribution in [1.82, 2.24) is 0 Å². The molecule has 0 spiro atoms. The van der Waals surface area contributed by atoms with E-state index >= 15 is 0 Å². The molecule has 0 aromatic heterocycles. The van der Waals surface area contributed by atoms with Crippen molar-refractivity contribution >= 4 is 23.5 Å². The summed E-state index contributed by atoms with van der Waals surface area (Å²) in [7, 11) is 0. The predicted molar refractivity (Wildman–Crippen MR) is 97.7 cm³/mol. The number of rotatable bonds is 6. The maximum Gasteiger partial charge on any atom is 0.346 e. The predicted octanol–water partition coefficient (Wildman–Crippen LogP) is 3.65. The van der Waals surface area contributed by atoms with Gasteiger partial charge in [-0.15, -0.1) is 0 Å². The number of hydrogen-bond acceptors (Lipinski definition) is 6. The molecule has 0 saturated heterocycles. The number of ether oxygens (including phenoxy) is 3. The van der Waals surface area contributed by atoms with Gasteiger partial charge >= 0.3 is 17.9 Å². The van der Waals surface area contributed by atoms with Crippen LogP contribution in [0, 0.1) is 0 Å². The molecule has 0 amide bonds. The Morgan fingerprint density at radius 3 is 2.33 bits per heavy atom. The zero-order chi connectivity index (χ0) is 19.6. The van der Waals surface area contributed by atoms with Crippen LogP contribution < -0.4 is 4.74 Å². The Morgan fingerprint density at radius 2 is 1.67 bits per heavy atom. The fraction of sp³-hybridized carbons (Fsp3) is 0.190. The van der Waals surface area contributed by atoms with E-state index in [4.69, 9.17) is 9.47 Å². The minimum absolute atomic E-state index is 0.0657. The molecule has 1 unspecified atom stereocenters. The summed E-state index contributed by atoms with van der Waals surface area (Å²) in [6.07, 6.45) is -0.514. The monoisotopic (exact) mass is 366 g/mol. The first-order valence-corrected chi connectivity index (χ1v) is 8.35. The molecule has 27 heavy (non-hydrogen) atoms. The van der Waals surface area contributed by atoms with Crippen LogP contribution in [0.3, 0.4) is 0 Å². The van der Waals surface area contributed by atoms with Crippen molar-refractivity contribution in [3.05, 3.63) is 71.3 Å². The normalized spacial score (nSPS) is 13.6. The van der Waals surface area contributed by atoms with Gasteiger partial charge in [0.05, 0.1) is 16.7 Å². The molecule has 1 aliphatic heterocycles. The van der Waals surface area contributed by atoms with Crippen molar-refractivity contribution in [3.63, 3.8) is 0 Å². The molecular weight excluding hydrogens is 348 g/mol. The zero-order valence-corrected chi connectivity index (χ0v) is 15.0. The largest absolute Gasteiger partial charge is 0.490 e. The summed E-state index contributed by atoms with van der Waals surface area (Å²) in [6.45, 7) is 7.67. The van der Waals surface area contributed by atoms with Crippen LogP contribution in [0.4, 0.5) is 0 Å². The number of cyclic esters (lactones) is 2. The smallest absolute Gasteiger partial charge is 0.346 e. The van der Waals surface area contributed by atoms with Gasteiger partial charge in [0.15, 0.2) is 0 Å². The van der Waals surface area contributed by atoms with Crippen LogP contribution >= 0.6 is 0 Å². The zero-order valence-electron chi connectivity index (χ0n) is 15.0. The maximum absolute atomic E-state index is 12.2. The quantitative estimate of drug-likeness (QED) is 0.573. The van der Waals surface area contributed by atoms with Gasteiger partial charge in [-0.2, -0.15) is 0 Å². The van der Waals surface area contributed by atoms with Crippen molar-refractivity contribution in [2.75, 3.05) is 6.61 Å². The third-order valence-corrected chi connectivity index (χ3v) is 4.02. The number of allylic oxidation sites excluding steroid dienone is 1. The molecule has 2 aromatic carbocycles. The van der Waals surface area contributed by atoms with Gasteiger partial charge in [0, 0.05) is 0 Å². The van der Waals surface area contributed by atoms with Crippen LogP contribution in [-0.4, -0.2) is 30.6 Å². The van der Waals surface area contributed by atoms with Crippen molar-refractivity contribution < 1.29 is 28.6 Å². The van der Waals surface area contributed by atoms with E-state index in [-0.39, 0.29) is 23.3 Å². The lowest BCUT2D eigenvalue weighted by atomic mass is 10.1. The van der Waals surface area contributed by atoms with Crippen LogP contribution in [0.15, 0.2) is 49.0 Å². The second-order valence-electron chi connectivity index (χ2n) is 6.27. The lowest BCUT2D eigenvalue weighted by molar-refractivity contribution is 0.0228. The minimum Gasteiger partial charge on any atom is -0.490 e. The molecule has 0 saturated carbocycles. The first-order chi connectivity index (χ1) is 12.8. The summed E-state index contributed by atoms with van der Waals surface area (Å²) in [4.78, 5) is 35.3. The summed E-state index contributed by atoms with van der Waals surface area (Å²) in [5, 5.41) is 0. The van der Waals surface area contributed by atoms with E-state index in [1.54, 1.807) is 6.92 Å². The van der Waals surface area contributed by atoms with Crippen molar-refractivity contribution in [2.45, 2.75) is 20.0 Å². The Labute approximate surface area is 156 Å². The Balaban J connectivity index is 1.58. The van der Waals surface area contributed by atoms with Crippen molar-refractivity contribution in [2.24, 2.45) is 0 Å². The molecule has 0 N–H and O–H groups in total. The lowest BCUT2D eigenvalue weighted by Gasteiger charge is -2.15. The summed E-state index contributed by atoms with van der Waals surface area (Å²) in [5.41, 5.74) is 2.36. The second kappa shape index (κ2) is 7.45. The van der Waals surface area contributed by atoms with Gasteiger partial charge in [0.25, 0.3) is 0 Å². The van der Waals surface area contributed by atoms with E-state index in [9.17, 15) is 14.4 Å². The lowest BCUT2D eigenvalue weighted by Crippen LogP contribution is -2.22. The standard InChI is InChI=1S/C21H18O6/c1-12(2)14-4-7-16(8-5-14)25-11-13(3)26-19(22)15-6-9-17-18(10-15)21(24)27-20(17)23/h4-10,13H,1,11H2,2-3H3. The summed E-state index contributed by atoms with van der Waals surface area (Å²) >= 11 is 0. The average Bonchev–Trinajstić information content (AvgIpc) is 2.94. The molecule has 138 valence electrons. The highest BCUT2D eigenvalue weighted by molar-refractivity contribution is 6.15. The summed E-state index contributed by atoms with van der Waals surface area (Å²) in [5.74, 6) is -1.44. The Kier molecular flexibility index (Phi) is 5.07. The van der Waals surface area contributed by atoms with Gasteiger partial charge in [0.1, 0.15) is 18.5 Å². The van der Waals surface area contributed by atoms with Crippen LogP contribution in [0.25, 0.3) is 5.57 Å². The molecule has 6 nitrogen and oxygen atoms in total. The topological polar surface area (TPSA) is 78.9 Å². The average molecular weight is 366 g/mol. The molecule has 2 aromatic rings. The highest BCUT2D eigenvalue weighted by Crippen LogP contribution is 2.22. The summed E-state index contributed by atoms with van der Waals surface area (Å²) < 4.78 is 15.4. The fourth-order valence-electron chi connectivity index (χ4n) is 2.55. The number of benzene rings is 2. The van der Waals surface area contributed by atoms with E-state index in [1.807, 2.05) is 31.2 Å². The van der Waals surface area contributed by atoms with Gasteiger partial charge < -0.3 is 14.2 Å². The third kappa shape index (κ3) is 4.06. The second-order valence-corrected chi connectivity index (χ2v) is 6.27. The van der Waals surface area contributed by atoms with E-state index in [0.29, 0.717) is 5.75 Å². The van der Waals surface area contributed by atoms with Crippen LogP contribution in [0.1, 0.15) is 50.5 Å². The van der Waals surface area contributed by atoms with Gasteiger partial charge in [-0.05, 0) is 49.7 Å². The minimum atomic E-state index is -0.765. The van der Waals surface area contributed by atoms with E-state index in [1.165, 1.54) is 18.2 Å². The van der Waals surface area contributed by atoms with Crippen LogP contribution in [0.5, 0.6) is 5.75 Å². The highest BCUT2D eigenvalue weighted by Gasteiger charge is 2.30. The fourth-order valence-corrected chi connectivity index (χ4v) is 2.55.